The van der Waals surface area contributed by atoms with Gasteiger partial charge in [-0.25, -0.2) is 9.00 Å². The Labute approximate surface area is 149 Å². The van der Waals surface area contributed by atoms with Crippen LogP contribution in [0, 0.1) is 5.92 Å². The van der Waals surface area contributed by atoms with Gasteiger partial charge in [0.1, 0.15) is 16.0 Å². The minimum Gasteiger partial charge on any atom is -0.440 e. The van der Waals surface area contributed by atoms with Crippen LogP contribution in [-0.2, 0) is 19.4 Å². The molecule has 2 amide bonds. The maximum absolute atomic E-state index is 12.8. The van der Waals surface area contributed by atoms with Gasteiger partial charge in [0.05, 0.1) is 5.75 Å². The number of carbonyl (C=O) groups is 2. The molecule has 140 valence electrons. The summed E-state index contributed by atoms with van der Waals surface area (Å²) in [6.07, 6.45) is -0.376. The fourth-order valence-corrected chi connectivity index (χ4v) is 4.19. The second kappa shape index (κ2) is 10.1. The van der Waals surface area contributed by atoms with E-state index < -0.39 is 28.0 Å². The lowest BCUT2D eigenvalue weighted by atomic mass is 10.1. The highest BCUT2D eigenvalue weighted by Crippen LogP contribution is 2.17. The quantitative estimate of drug-likeness (QED) is 0.732. The molecule has 0 saturated carbocycles. The number of amides is 2. The highest BCUT2D eigenvalue weighted by atomic mass is 32.2. The van der Waals surface area contributed by atoms with E-state index in [1.54, 1.807) is 19.1 Å². The molecule has 25 heavy (non-hydrogen) atoms. The predicted octanol–water partition coefficient (Wildman–Crippen LogP) is 2.81. The number of aliphatic hydroxyl groups excluding tert-OH is 1. The van der Waals surface area contributed by atoms with Crippen LogP contribution in [0.5, 0.6) is 0 Å². The third kappa shape index (κ3) is 8.13. The molecule has 0 aliphatic rings. The largest absolute Gasteiger partial charge is 0.443 e. The molecular weight excluding hydrogens is 344 g/mol. The molecule has 0 fully saturated rings. The van der Waals surface area contributed by atoms with Gasteiger partial charge in [-0.3, -0.25) is 9.52 Å². The zero-order valence-electron chi connectivity index (χ0n) is 14.8. The summed E-state index contributed by atoms with van der Waals surface area (Å²) in [5.41, 5.74) is 0.786. The molecule has 8 heteroatoms. The van der Waals surface area contributed by atoms with Crippen molar-refractivity contribution in [2.75, 3.05) is 12.4 Å². The van der Waals surface area contributed by atoms with Crippen molar-refractivity contribution in [1.82, 2.24) is 4.72 Å². The smallest absolute Gasteiger partial charge is 0.440 e. The third-order valence-electron chi connectivity index (χ3n) is 3.44. The number of carbonyl (C=O) groups excluding carboxylic acids is 2. The summed E-state index contributed by atoms with van der Waals surface area (Å²) < 4.78 is 23.9. The second-order valence-corrected chi connectivity index (χ2v) is 7.97. The Morgan fingerprint density at radius 1 is 1.28 bits per heavy atom. The molecule has 1 unspecified atom stereocenters. The van der Waals surface area contributed by atoms with E-state index in [4.69, 9.17) is 9.84 Å². The van der Waals surface area contributed by atoms with Crippen LogP contribution in [0.2, 0.25) is 0 Å². The lowest BCUT2D eigenvalue weighted by Crippen LogP contribution is -2.33. The number of aliphatic hydroxyl groups is 1. The van der Waals surface area contributed by atoms with Gasteiger partial charge in [-0.2, -0.15) is 0 Å². The van der Waals surface area contributed by atoms with Crippen molar-refractivity contribution < 1.29 is 23.6 Å². The number of benzene rings is 1. The number of ether oxygens (including phenoxy) is 1. The summed E-state index contributed by atoms with van der Waals surface area (Å²) in [6, 6.07) is 9.10. The Bertz CT molecular complexity index is 684. The van der Waals surface area contributed by atoms with Crippen LogP contribution in [0.1, 0.15) is 45.3 Å². The molecule has 2 N–H and O–H groups in total. The van der Waals surface area contributed by atoms with Crippen LogP contribution in [-0.4, -0.2) is 33.7 Å². The fraction of sp³-hybridized carbons (Fsp3) is 0.529. The molecule has 0 radical (unpaired) electrons. The molecule has 0 saturated heterocycles. The van der Waals surface area contributed by atoms with E-state index >= 15 is 0 Å². The van der Waals surface area contributed by atoms with Crippen molar-refractivity contribution in [1.29, 1.82) is 0 Å². The van der Waals surface area contributed by atoms with Gasteiger partial charge in [-0.1, -0.05) is 37.3 Å². The SMILES string of the molecule is CC(=O)NS(=O)(C[C@@H](C)CCCO)=NC(=O)O[C@@H](C)c1ccccc1. The monoisotopic (exact) mass is 370 g/mol. The van der Waals surface area contributed by atoms with Crippen LogP contribution < -0.4 is 4.72 Å². The Balaban J connectivity index is 2.87. The Kier molecular flexibility index (Phi) is 8.57. The van der Waals surface area contributed by atoms with Crippen molar-refractivity contribution in [2.24, 2.45) is 10.3 Å². The van der Waals surface area contributed by atoms with Crippen molar-refractivity contribution in [3.05, 3.63) is 35.9 Å². The highest BCUT2D eigenvalue weighted by Gasteiger charge is 2.19. The number of rotatable bonds is 8. The van der Waals surface area contributed by atoms with Crippen LogP contribution in [0.3, 0.4) is 0 Å². The van der Waals surface area contributed by atoms with Gasteiger partial charge >= 0.3 is 6.09 Å². The van der Waals surface area contributed by atoms with E-state index in [0.717, 1.165) is 5.56 Å². The third-order valence-corrected chi connectivity index (χ3v) is 5.51. The average molecular weight is 370 g/mol. The summed E-state index contributed by atoms with van der Waals surface area (Å²) in [7, 11) is -3.28. The first kappa shape index (κ1) is 21.1. The zero-order valence-corrected chi connectivity index (χ0v) is 15.6. The number of nitrogens with one attached hydrogen (secondary N) is 1. The standard InChI is InChI=1S/C17H26N2O5S/c1-13(8-7-11-20)12-25(23,18-15(3)21)19-17(22)24-14(2)16-9-5-4-6-10-16/h4-6,9-10,13-14,20H,7-8,11-12H2,1-3H3,(H,18,19,21,22,23)/t13-,14-,25?/m0/s1. The molecule has 1 aromatic carbocycles. The molecular formula is C17H26N2O5S. The molecule has 0 bridgehead atoms. The van der Waals surface area contributed by atoms with Gasteiger partial charge in [0, 0.05) is 13.5 Å². The van der Waals surface area contributed by atoms with Crippen LogP contribution in [0.25, 0.3) is 0 Å². The van der Waals surface area contributed by atoms with Crippen LogP contribution in [0.15, 0.2) is 34.7 Å². The average Bonchev–Trinajstić information content (AvgIpc) is 2.52. The minimum absolute atomic E-state index is 0.0153. The van der Waals surface area contributed by atoms with Gasteiger partial charge in [-0.05, 0) is 31.2 Å². The van der Waals surface area contributed by atoms with Gasteiger partial charge in [-0.15, -0.1) is 4.36 Å². The van der Waals surface area contributed by atoms with Crippen molar-refractivity contribution in [2.45, 2.75) is 39.7 Å². The van der Waals surface area contributed by atoms with Crippen molar-refractivity contribution in [3.63, 3.8) is 0 Å². The van der Waals surface area contributed by atoms with Gasteiger partial charge < -0.3 is 9.84 Å². The van der Waals surface area contributed by atoms with E-state index in [1.165, 1.54) is 6.92 Å². The van der Waals surface area contributed by atoms with Crippen LogP contribution in [0.4, 0.5) is 4.79 Å². The molecule has 1 aromatic rings. The maximum Gasteiger partial charge on any atom is 0.443 e. The van der Waals surface area contributed by atoms with E-state index in [0.29, 0.717) is 12.8 Å². The van der Waals surface area contributed by atoms with Crippen molar-refractivity contribution in [3.8, 4) is 0 Å². The van der Waals surface area contributed by atoms with Gasteiger partial charge in [0.2, 0.25) is 5.91 Å². The lowest BCUT2D eigenvalue weighted by Gasteiger charge is -2.16. The molecule has 3 atom stereocenters. The van der Waals surface area contributed by atoms with E-state index in [2.05, 4.69) is 9.08 Å². The molecule has 0 spiro atoms. The lowest BCUT2D eigenvalue weighted by molar-refractivity contribution is -0.117. The maximum atomic E-state index is 12.8. The first-order valence-corrected chi connectivity index (χ1v) is 9.83. The summed E-state index contributed by atoms with van der Waals surface area (Å²) in [5, 5.41) is 8.87. The molecule has 7 nitrogen and oxygen atoms in total. The normalized spacial score (nSPS) is 15.5. The van der Waals surface area contributed by atoms with E-state index in [9.17, 15) is 13.8 Å². The predicted molar refractivity (Wildman–Crippen MR) is 96.1 cm³/mol. The number of hydrogen-bond acceptors (Lipinski definition) is 5. The number of nitrogens with zero attached hydrogens (tertiary/aromatic N) is 1. The van der Waals surface area contributed by atoms with Gasteiger partial charge in [0.15, 0.2) is 0 Å². The summed E-state index contributed by atoms with van der Waals surface area (Å²) in [6.45, 7) is 4.75. The van der Waals surface area contributed by atoms with Crippen LogP contribution >= 0.6 is 0 Å². The summed E-state index contributed by atoms with van der Waals surface area (Å²) >= 11 is 0. The Hall–Kier alpha value is -1.93. The number of hydrogen-bond donors (Lipinski definition) is 2. The molecule has 1 rings (SSSR count). The molecule has 0 aliphatic heterocycles. The Morgan fingerprint density at radius 2 is 1.92 bits per heavy atom. The molecule has 0 aromatic heterocycles. The first-order chi connectivity index (χ1) is 11.8. The molecule has 0 heterocycles. The summed E-state index contributed by atoms with van der Waals surface area (Å²) in [4.78, 5) is 23.4. The van der Waals surface area contributed by atoms with Crippen molar-refractivity contribution >= 4 is 21.9 Å². The van der Waals surface area contributed by atoms with Gasteiger partial charge in [0.25, 0.3) is 0 Å². The summed E-state index contributed by atoms with van der Waals surface area (Å²) in [5.74, 6) is -0.608. The Morgan fingerprint density at radius 3 is 2.48 bits per heavy atom. The zero-order chi connectivity index (χ0) is 18.9. The fourth-order valence-electron chi connectivity index (χ4n) is 2.32. The highest BCUT2D eigenvalue weighted by molar-refractivity contribution is 7.92. The van der Waals surface area contributed by atoms with E-state index in [-0.39, 0.29) is 18.3 Å². The minimum atomic E-state index is -3.28. The first-order valence-electron chi connectivity index (χ1n) is 8.15. The second-order valence-electron chi connectivity index (χ2n) is 5.96. The topological polar surface area (TPSA) is 105 Å². The van der Waals surface area contributed by atoms with E-state index in [1.807, 2.05) is 25.1 Å². The molecule has 0 aliphatic carbocycles.